The number of halogens is 1. The molecule has 0 amide bonds. The number of likely N-dealkylation sites (tertiary alicyclic amines) is 1. The molecular formula is C20H20FN5O3. The van der Waals surface area contributed by atoms with Gasteiger partial charge >= 0.3 is 5.97 Å². The van der Waals surface area contributed by atoms with Crippen molar-refractivity contribution in [3.8, 4) is 5.69 Å². The van der Waals surface area contributed by atoms with Crippen molar-refractivity contribution in [1.82, 2.24) is 24.5 Å². The second kappa shape index (κ2) is 6.77. The van der Waals surface area contributed by atoms with E-state index in [1.54, 1.807) is 16.8 Å². The summed E-state index contributed by atoms with van der Waals surface area (Å²) < 4.78 is 18.0. The fourth-order valence-electron chi connectivity index (χ4n) is 4.00. The van der Waals surface area contributed by atoms with Gasteiger partial charge in [0.25, 0.3) is 0 Å². The van der Waals surface area contributed by atoms with Crippen molar-refractivity contribution in [2.24, 2.45) is 0 Å². The summed E-state index contributed by atoms with van der Waals surface area (Å²) in [6.07, 6.45) is 7.20. The third kappa shape index (κ3) is 3.21. The molecule has 0 radical (unpaired) electrons. The van der Waals surface area contributed by atoms with E-state index in [-0.39, 0.29) is 22.7 Å². The molecule has 8 nitrogen and oxygen atoms in total. The van der Waals surface area contributed by atoms with Crippen LogP contribution in [-0.4, -0.2) is 48.6 Å². The smallest absolute Gasteiger partial charge is 0.341 e. The van der Waals surface area contributed by atoms with Gasteiger partial charge in [0, 0.05) is 24.2 Å². The van der Waals surface area contributed by atoms with E-state index in [2.05, 4.69) is 15.2 Å². The summed E-state index contributed by atoms with van der Waals surface area (Å²) in [4.78, 5) is 26.3. The highest BCUT2D eigenvalue weighted by Gasteiger charge is 2.27. The summed E-state index contributed by atoms with van der Waals surface area (Å²) in [6, 6.07) is 2.79. The van der Waals surface area contributed by atoms with Gasteiger partial charge in [0.05, 0.1) is 17.4 Å². The lowest BCUT2D eigenvalue weighted by Gasteiger charge is -2.13. The lowest BCUT2D eigenvalue weighted by atomic mass is 10.1. The van der Waals surface area contributed by atoms with E-state index in [1.807, 2.05) is 0 Å². The van der Waals surface area contributed by atoms with Gasteiger partial charge in [-0.2, -0.15) is 0 Å². The molecule has 29 heavy (non-hydrogen) atoms. The van der Waals surface area contributed by atoms with Crippen LogP contribution >= 0.6 is 0 Å². The second-order valence-electron chi connectivity index (χ2n) is 7.77. The summed E-state index contributed by atoms with van der Waals surface area (Å²) in [7, 11) is 0. The van der Waals surface area contributed by atoms with E-state index in [0.29, 0.717) is 12.1 Å². The highest BCUT2D eigenvalue weighted by atomic mass is 19.1. The second-order valence-corrected chi connectivity index (χ2v) is 7.77. The highest BCUT2D eigenvalue weighted by molar-refractivity contribution is 5.93. The fourth-order valence-corrected chi connectivity index (χ4v) is 4.00. The number of aromatic carboxylic acids is 1. The van der Waals surface area contributed by atoms with E-state index in [1.165, 1.54) is 23.7 Å². The number of rotatable bonds is 5. The molecule has 5 rings (SSSR count). The molecule has 0 atom stereocenters. The Kier molecular flexibility index (Phi) is 4.20. The Morgan fingerprint density at radius 3 is 2.66 bits per heavy atom. The van der Waals surface area contributed by atoms with E-state index in [0.717, 1.165) is 37.7 Å². The van der Waals surface area contributed by atoms with Crippen LogP contribution in [-0.2, 0) is 6.54 Å². The minimum Gasteiger partial charge on any atom is -0.477 e. The first kappa shape index (κ1) is 18.0. The number of benzene rings is 1. The van der Waals surface area contributed by atoms with Gasteiger partial charge < -0.3 is 9.67 Å². The molecule has 3 heterocycles. The number of carbonyl (C=O) groups is 1. The Bertz CT molecular complexity index is 1170. The van der Waals surface area contributed by atoms with Crippen molar-refractivity contribution in [2.75, 3.05) is 13.1 Å². The van der Waals surface area contributed by atoms with Gasteiger partial charge in [0.1, 0.15) is 17.1 Å². The molecule has 0 bridgehead atoms. The number of pyridine rings is 1. The SMILES string of the molecule is O=C(O)c1cn(C2CC2)c2cc(-n3cc(CN4CCCC4)nn3)c(F)cc2c1=O. The van der Waals surface area contributed by atoms with Crippen LogP contribution in [0.4, 0.5) is 4.39 Å². The number of hydrogen-bond acceptors (Lipinski definition) is 5. The third-order valence-electron chi connectivity index (χ3n) is 5.64. The molecule has 2 fully saturated rings. The van der Waals surface area contributed by atoms with Gasteiger partial charge in [0.15, 0.2) is 0 Å². The largest absolute Gasteiger partial charge is 0.477 e. The predicted molar refractivity (Wildman–Crippen MR) is 103 cm³/mol. The van der Waals surface area contributed by atoms with Gasteiger partial charge in [-0.1, -0.05) is 5.21 Å². The molecule has 1 saturated heterocycles. The van der Waals surface area contributed by atoms with E-state index < -0.39 is 17.2 Å². The summed E-state index contributed by atoms with van der Waals surface area (Å²) in [5.41, 5.74) is 0.436. The Morgan fingerprint density at radius 1 is 1.21 bits per heavy atom. The fraction of sp³-hybridized carbons (Fsp3) is 0.400. The van der Waals surface area contributed by atoms with Crippen LogP contribution in [0.5, 0.6) is 0 Å². The van der Waals surface area contributed by atoms with Gasteiger partial charge in [0.2, 0.25) is 5.43 Å². The van der Waals surface area contributed by atoms with Gasteiger partial charge in [-0.05, 0) is 50.9 Å². The van der Waals surface area contributed by atoms with Crippen LogP contribution in [0.2, 0.25) is 0 Å². The van der Waals surface area contributed by atoms with Gasteiger partial charge in [-0.3, -0.25) is 9.69 Å². The van der Waals surface area contributed by atoms with Crippen molar-refractivity contribution < 1.29 is 14.3 Å². The normalized spacial score (nSPS) is 17.3. The maximum absolute atomic E-state index is 14.9. The molecule has 2 aliphatic rings. The van der Waals surface area contributed by atoms with Gasteiger partial charge in [-0.15, -0.1) is 5.10 Å². The predicted octanol–water partition coefficient (Wildman–Crippen LogP) is 2.35. The van der Waals surface area contributed by atoms with E-state index in [4.69, 9.17) is 0 Å². The summed E-state index contributed by atoms with van der Waals surface area (Å²) >= 11 is 0. The molecule has 0 unspecified atom stereocenters. The number of carboxylic acid groups (broad SMARTS) is 1. The molecule has 150 valence electrons. The number of aromatic nitrogens is 4. The van der Waals surface area contributed by atoms with E-state index in [9.17, 15) is 19.1 Å². The zero-order chi connectivity index (χ0) is 20.1. The number of nitrogens with zero attached hydrogens (tertiary/aromatic N) is 5. The molecule has 2 aromatic heterocycles. The first-order chi connectivity index (χ1) is 14.0. The Morgan fingerprint density at radius 2 is 1.97 bits per heavy atom. The minimum atomic E-state index is -1.31. The lowest BCUT2D eigenvalue weighted by molar-refractivity contribution is 0.0695. The topological polar surface area (TPSA) is 93.2 Å². The maximum Gasteiger partial charge on any atom is 0.341 e. The number of carboxylic acids is 1. The first-order valence-electron chi connectivity index (χ1n) is 9.77. The van der Waals surface area contributed by atoms with Crippen molar-refractivity contribution in [1.29, 1.82) is 0 Å². The van der Waals surface area contributed by atoms with Crippen LogP contribution in [0.3, 0.4) is 0 Å². The van der Waals surface area contributed by atoms with Gasteiger partial charge in [-0.25, -0.2) is 13.9 Å². The zero-order valence-electron chi connectivity index (χ0n) is 15.7. The summed E-state index contributed by atoms with van der Waals surface area (Å²) in [5, 5.41) is 17.6. The molecule has 3 aromatic rings. The molecule has 9 heteroatoms. The molecule has 1 aliphatic carbocycles. The van der Waals surface area contributed by atoms with Crippen LogP contribution in [0.25, 0.3) is 16.6 Å². The van der Waals surface area contributed by atoms with Crippen LogP contribution in [0, 0.1) is 5.82 Å². The average Bonchev–Trinajstić information content (AvgIpc) is 3.21. The highest BCUT2D eigenvalue weighted by Crippen LogP contribution is 2.37. The standard InChI is InChI=1S/C20H20FN5O3/c21-16-7-14-17(25(13-3-4-13)11-15(19(14)27)20(28)29)8-18(16)26-10-12(22-23-26)9-24-5-1-2-6-24/h7-8,10-11,13H,1-6,9H2,(H,28,29). The monoisotopic (exact) mass is 397 g/mol. The van der Waals surface area contributed by atoms with Crippen LogP contribution < -0.4 is 5.43 Å². The summed E-state index contributed by atoms with van der Waals surface area (Å²) in [6.45, 7) is 2.72. The van der Waals surface area contributed by atoms with E-state index >= 15 is 0 Å². The lowest BCUT2D eigenvalue weighted by Crippen LogP contribution is -2.19. The first-order valence-corrected chi connectivity index (χ1v) is 9.77. The molecule has 1 N–H and O–H groups in total. The molecular weight excluding hydrogens is 377 g/mol. The molecule has 1 aliphatic heterocycles. The molecule has 1 aromatic carbocycles. The van der Waals surface area contributed by atoms with Crippen molar-refractivity contribution >= 4 is 16.9 Å². The number of fused-ring (bicyclic) bond motifs is 1. The van der Waals surface area contributed by atoms with Crippen molar-refractivity contribution in [3.05, 3.63) is 51.8 Å². The molecule has 1 saturated carbocycles. The van der Waals surface area contributed by atoms with Crippen LogP contribution in [0.1, 0.15) is 47.8 Å². The van der Waals surface area contributed by atoms with Crippen LogP contribution in [0.15, 0.2) is 29.3 Å². The Labute approximate surface area is 165 Å². The maximum atomic E-state index is 14.9. The van der Waals surface area contributed by atoms with Crippen molar-refractivity contribution in [2.45, 2.75) is 38.3 Å². The Hall–Kier alpha value is -3.07. The minimum absolute atomic E-state index is 0.0652. The quantitative estimate of drug-likeness (QED) is 0.710. The Balaban J connectivity index is 1.60. The zero-order valence-corrected chi connectivity index (χ0v) is 15.7. The molecule has 0 spiro atoms. The van der Waals surface area contributed by atoms with Crippen molar-refractivity contribution in [3.63, 3.8) is 0 Å². The number of hydrogen-bond donors (Lipinski definition) is 1. The third-order valence-corrected chi connectivity index (χ3v) is 5.64. The summed E-state index contributed by atoms with van der Waals surface area (Å²) in [5.74, 6) is -1.95. The average molecular weight is 397 g/mol.